The van der Waals surface area contributed by atoms with Crippen molar-refractivity contribution >= 4 is 11.8 Å². The first-order valence-electron chi connectivity index (χ1n) is 7.88. The molecule has 1 aromatic rings. The molecule has 0 spiro atoms. The van der Waals surface area contributed by atoms with Gasteiger partial charge in [-0.05, 0) is 24.1 Å². The number of methoxy groups -OCH3 is 1. The number of hydrogen-bond donors (Lipinski definition) is 2. The number of benzene rings is 1. The summed E-state index contributed by atoms with van der Waals surface area (Å²) >= 11 is 0. The zero-order valence-electron chi connectivity index (χ0n) is 13.8. The molecule has 23 heavy (non-hydrogen) atoms. The molecule has 0 aliphatic rings. The molecule has 0 heterocycles. The minimum Gasteiger partial charge on any atom is -0.493 e. The monoisotopic (exact) mass is 322 g/mol. The van der Waals surface area contributed by atoms with Gasteiger partial charge in [-0.2, -0.15) is 0 Å². The number of unbranched alkanes of at least 4 members (excludes halogenated alkanes) is 3. The Labute approximate surface area is 137 Å². The molecular weight excluding hydrogens is 296 g/mol. The van der Waals surface area contributed by atoms with Crippen molar-refractivity contribution in [1.29, 1.82) is 0 Å². The van der Waals surface area contributed by atoms with Gasteiger partial charge in [0.1, 0.15) is 0 Å². The molecule has 0 aliphatic heterocycles. The van der Waals surface area contributed by atoms with E-state index in [1.807, 2.05) is 0 Å². The number of carbonyl (C=O) groups is 2. The van der Waals surface area contributed by atoms with Crippen LogP contribution in [0, 0.1) is 0 Å². The fourth-order valence-electron chi connectivity index (χ4n) is 2.42. The van der Waals surface area contributed by atoms with Crippen LogP contribution in [0.4, 0.5) is 0 Å². The molecule has 1 rings (SSSR count). The fraction of sp³-hybridized carbons (Fsp3) is 0.529. The van der Waals surface area contributed by atoms with E-state index in [0.29, 0.717) is 17.9 Å². The lowest BCUT2D eigenvalue weighted by molar-refractivity contribution is -0.120. The number of hydrogen-bond acceptors (Lipinski definition) is 4. The molecule has 0 saturated carbocycles. The molecule has 6 nitrogen and oxygen atoms in total. The van der Waals surface area contributed by atoms with Gasteiger partial charge in [0.05, 0.1) is 13.0 Å². The minimum absolute atomic E-state index is 0.252. The van der Waals surface area contributed by atoms with Crippen LogP contribution in [0.25, 0.3) is 0 Å². The third-order valence-corrected chi connectivity index (χ3v) is 3.65. The highest BCUT2D eigenvalue weighted by Gasteiger charge is 2.19. The molecule has 2 amide bonds. The maximum absolute atomic E-state index is 11.8. The minimum atomic E-state index is -0.580. The maximum Gasteiger partial charge on any atom is 0.255 e. The van der Waals surface area contributed by atoms with E-state index in [0.717, 1.165) is 31.2 Å². The quantitative estimate of drug-likeness (QED) is 0.609. The van der Waals surface area contributed by atoms with Crippen LogP contribution >= 0.6 is 0 Å². The Hall–Kier alpha value is -2.24. The molecule has 0 aliphatic carbocycles. The number of amides is 2. The predicted molar refractivity (Wildman–Crippen MR) is 88.4 cm³/mol. The summed E-state index contributed by atoms with van der Waals surface area (Å²) in [4.78, 5) is 22.7. The van der Waals surface area contributed by atoms with Crippen molar-refractivity contribution in [3.8, 4) is 11.5 Å². The third kappa shape index (κ3) is 6.18. The maximum atomic E-state index is 11.8. The summed E-state index contributed by atoms with van der Waals surface area (Å²) in [5, 5.41) is 0. The van der Waals surface area contributed by atoms with Crippen molar-refractivity contribution in [2.24, 2.45) is 11.5 Å². The zero-order valence-corrected chi connectivity index (χ0v) is 13.8. The summed E-state index contributed by atoms with van der Waals surface area (Å²) in [6, 6.07) is 5.19. The standard InChI is InChI=1S/C17H26N2O4/c1-3-4-5-6-7-13(17(19)21)12-8-9-14(22-2)15(10-12)23-11-16(18)20/h8-10,13H,3-7,11H2,1-2H3,(H2,18,20)(H2,19,21). The van der Waals surface area contributed by atoms with Crippen molar-refractivity contribution in [3.05, 3.63) is 23.8 Å². The second-order valence-corrected chi connectivity index (χ2v) is 5.47. The molecule has 1 aromatic carbocycles. The van der Waals surface area contributed by atoms with Crippen LogP contribution in [0.2, 0.25) is 0 Å². The van der Waals surface area contributed by atoms with Gasteiger partial charge in [0.15, 0.2) is 18.1 Å². The van der Waals surface area contributed by atoms with Crippen molar-refractivity contribution in [2.75, 3.05) is 13.7 Å². The van der Waals surface area contributed by atoms with Gasteiger partial charge in [0.25, 0.3) is 5.91 Å². The Balaban J connectivity index is 2.91. The third-order valence-electron chi connectivity index (χ3n) is 3.65. The Morgan fingerprint density at radius 3 is 2.43 bits per heavy atom. The molecule has 0 fully saturated rings. The average Bonchev–Trinajstić information content (AvgIpc) is 2.52. The van der Waals surface area contributed by atoms with Gasteiger partial charge < -0.3 is 20.9 Å². The van der Waals surface area contributed by atoms with Crippen LogP contribution in [-0.4, -0.2) is 25.5 Å². The summed E-state index contributed by atoms with van der Waals surface area (Å²) in [5.41, 5.74) is 11.4. The second kappa shape index (κ2) is 9.71. The number of nitrogens with two attached hydrogens (primary N) is 2. The number of primary amides is 2. The van der Waals surface area contributed by atoms with Gasteiger partial charge in [0, 0.05) is 0 Å². The number of ether oxygens (including phenoxy) is 2. The van der Waals surface area contributed by atoms with E-state index in [1.54, 1.807) is 18.2 Å². The van der Waals surface area contributed by atoms with Crippen LogP contribution in [0.15, 0.2) is 18.2 Å². The lowest BCUT2D eigenvalue weighted by Crippen LogP contribution is -2.22. The van der Waals surface area contributed by atoms with Crippen molar-refractivity contribution < 1.29 is 19.1 Å². The first-order valence-corrected chi connectivity index (χ1v) is 7.88. The average molecular weight is 322 g/mol. The van der Waals surface area contributed by atoms with E-state index in [1.165, 1.54) is 7.11 Å². The lowest BCUT2D eigenvalue weighted by Gasteiger charge is -2.17. The molecule has 128 valence electrons. The largest absolute Gasteiger partial charge is 0.493 e. The molecule has 1 unspecified atom stereocenters. The second-order valence-electron chi connectivity index (χ2n) is 5.47. The Bertz CT molecular complexity index is 531. The Morgan fingerprint density at radius 2 is 1.87 bits per heavy atom. The molecule has 0 bridgehead atoms. The molecule has 0 aromatic heterocycles. The normalized spacial score (nSPS) is 11.7. The van der Waals surface area contributed by atoms with Crippen LogP contribution < -0.4 is 20.9 Å². The molecule has 6 heteroatoms. The first-order chi connectivity index (χ1) is 11.0. The fourth-order valence-corrected chi connectivity index (χ4v) is 2.42. The predicted octanol–water partition coefficient (Wildman–Crippen LogP) is 2.10. The van der Waals surface area contributed by atoms with Gasteiger partial charge in [0.2, 0.25) is 5.91 Å². The van der Waals surface area contributed by atoms with E-state index in [9.17, 15) is 9.59 Å². The molecule has 0 radical (unpaired) electrons. The lowest BCUT2D eigenvalue weighted by atomic mass is 9.92. The summed E-state index contributed by atoms with van der Waals surface area (Å²) in [6.45, 7) is 1.88. The van der Waals surface area contributed by atoms with Gasteiger partial charge >= 0.3 is 0 Å². The van der Waals surface area contributed by atoms with Crippen LogP contribution in [0.5, 0.6) is 11.5 Å². The summed E-state index contributed by atoms with van der Waals surface area (Å²) in [7, 11) is 1.50. The molecule has 1 atom stereocenters. The SMILES string of the molecule is CCCCCCC(C(N)=O)c1ccc(OC)c(OCC(N)=O)c1. The van der Waals surface area contributed by atoms with E-state index < -0.39 is 5.91 Å². The topological polar surface area (TPSA) is 105 Å². The van der Waals surface area contributed by atoms with E-state index >= 15 is 0 Å². The summed E-state index contributed by atoms with van der Waals surface area (Å²) in [5.74, 6) is -0.475. The number of carbonyl (C=O) groups excluding carboxylic acids is 2. The zero-order chi connectivity index (χ0) is 17.2. The van der Waals surface area contributed by atoms with Crippen molar-refractivity contribution in [1.82, 2.24) is 0 Å². The van der Waals surface area contributed by atoms with Gasteiger partial charge in [-0.15, -0.1) is 0 Å². The Morgan fingerprint density at radius 1 is 1.13 bits per heavy atom. The van der Waals surface area contributed by atoms with Gasteiger partial charge in [-0.3, -0.25) is 9.59 Å². The van der Waals surface area contributed by atoms with Gasteiger partial charge in [-0.25, -0.2) is 0 Å². The molecule has 4 N–H and O–H groups in total. The van der Waals surface area contributed by atoms with E-state index in [4.69, 9.17) is 20.9 Å². The smallest absolute Gasteiger partial charge is 0.255 e. The highest BCUT2D eigenvalue weighted by molar-refractivity contribution is 5.82. The van der Waals surface area contributed by atoms with Crippen LogP contribution in [0.1, 0.15) is 50.5 Å². The van der Waals surface area contributed by atoms with Gasteiger partial charge in [-0.1, -0.05) is 38.7 Å². The number of rotatable bonds is 11. The highest BCUT2D eigenvalue weighted by atomic mass is 16.5. The van der Waals surface area contributed by atoms with Crippen molar-refractivity contribution in [3.63, 3.8) is 0 Å². The molecule has 0 saturated heterocycles. The summed E-state index contributed by atoms with van der Waals surface area (Å²) in [6.07, 6.45) is 4.97. The van der Waals surface area contributed by atoms with Crippen LogP contribution in [0.3, 0.4) is 0 Å². The summed E-state index contributed by atoms with van der Waals surface area (Å²) < 4.78 is 10.5. The van der Waals surface area contributed by atoms with E-state index in [2.05, 4.69) is 6.92 Å². The Kier molecular flexibility index (Phi) is 7.94. The van der Waals surface area contributed by atoms with Crippen molar-refractivity contribution in [2.45, 2.75) is 44.9 Å². The highest BCUT2D eigenvalue weighted by Crippen LogP contribution is 2.32. The first kappa shape index (κ1) is 18.8. The molecular formula is C17H26N2O4. The van der Waals surface area contributed by atoms with E-state index in [-0.39, 0.29) is 18.4 Å². The van der Waals surface area contributed by atoms with Crippen LogP contribution in [-0.2, 0) is 9.59 Å².